The molecule has 0 aliphatic carbocycles. The molecule has 0 aromatic heterocycles. The van der Waals surface area contributed by atoms with Crippen LogP contribution in [0.3, 0.4) is 0 Å². The molecule has 3 N–H and O–H groups in total. The summed E-state index contributed by atoms with van der Waals surface area (Å²) >= 11 is 0. The van der Waals surface area contributed by atoms with E-state index in [1.165, 1.54) is 70.6 Å². The van der Waals surface area contributed by atoms with Gasteiger partial charge in [-0.3, -0.25) is 9.36 Å². The van der Waals surface area contributed by atoms with E-state index in [-0.39, 0.29) is 18.9 Å². The molecule has 10 heteroatoms. The van der Waals surface area contributed by atoms with Gasteiger partial charge in [0.15, 0.2) is 0 Å². The number of quaternary nitrogens is 1. The van der Waals surface area contributed by atoms with Crippen LogP contribution in [0.2, 0.25) is 0 Å². The number of aliphatic hydroxyl groups excluding tert-OH is 2. The lowest BCUT2D eigenvalue weighted by molar-refractivity contribution is -0.870. The van der Waals surface area contributed by atoms with Gasteiger partial charge in [0.1, 0.15) is 19.3 Å². The molecule has 0 aromatic rings. The highest BCUT2D eigenvalue weighted by atomic mass is 31.2. The number of likely N-dealkylation sites (N-methyl/N-ethyl adjacent to an activating group) is 1. The van der Waals surface area contributed by atoms with Gasteiger partial charge < -0.3 is 34.0 Å². The summed E-state index contributed by atoms with van der Waals surface area (Å²) in [4.78, 5) is 25.5. The van der Waals surface area contributed by atoms with Crippen molar-refractivity contribution < 1.29 is 38.0 Å². The number of phosphoric ester groups is 1. The molecule has 0 bridgehead atoms. The summed E-state index contributed by atoms with van der Waals surface area (Å²) in [5, 5.41) is 24.7. The number of phosphoric acid groups is 1. The SMILES string of the molecule is CC/C=C\C/C=C\C/C=C\C/C=C\C/C=C\C/C=C\C/C=C\C/C=C\CCCCCCCCCCCCCCC(=O)NC(COP(=O)([O-])OCC[N+](C)(C)C)C(O)C(O)CCC/C=C/CC/C=C/CCCCC. The maximum absolute atomic E-state index is 13.0. The van der Waals surface area contributed by atoms with Gasteiger partial charge in [-0.1, -0.05) is 212 Å². The number of nitrogens with zero attached hydrogens (tertiary/aromatic N) is 1. The fourth-order valence-electron chi connectivity index (χ4n) is 7.70. The van der Waals surface area contributed by atoms with Gasteiger partial charge in [-0.25, -0.2) is 0 Å². The fraction of sp³-hybridized carbons (Fsp3) is 0.667. The topological polar surface area (TPSA) is 128 Å². The summed E-state index contributed by atoms with van der Waals surface area (Å²) in [6.07, 6.45) is 74.2. The van der Waals surface area contributed by atoms with Crippen LogP contribution in [0, 0.1) is 0 Å². The lowest BCUT2D eigenvalue weighted by atomic mass is 10.0. The van der Waals surface area contributed by atoms with E-state index in [0.29, 0.717) is 30.3 Å². The van der Waals surface area contributed by atoms with Crippen molar-refractivity contribution in [3.05, 3.63) is 122 Å². The number of aliphatic hydroxyl groups is 2. The Morgan fingerprint density at radius 2 is 0.877 bits per heavy atom. The normalized spacial score (nSPS) is 15.2. The van der Waals surface area contributed by atoms with Crippen LogP contribution in [0.25, 0.3) is 0 Å². The third-order valence-electron chi connectivity index (χ3n) is 12.3. The monoisotopic (exact) mass is 1040 g/mol. The van der Waals surface area contributed by atoms with Crippen LogP contribution >= 0.6 is 7.82 Å². The first kappa shape index (κ1) is 69.9. The van der Waals surface area contributed by atoms with E-state index in [1.54, 1.807) is 0 Å². The molecule has 0 saturated carbocycles. The maximum atomic E-state index is 13.0. The van der Waals surface area contributed by atoms with Crippen molar-refractivity contribution in [2.24, 2.45) is 0 Å². The van der Waals surface area contributed by atoms with E-state index in [9.17, 15) is 24.5 Å². The smallest absolute Gasteiger partial charge is 0.268 e. The largest absolute Gasteiger partial charge is 0.756 e. The number of nitrogens with one attached hydrogen (secondary N) is 1. The van der Waals surface area contributed by atoms with E-state index in [0.717, 1.165) is 103 Å². The lowest BCUT2D eigenvalue weighted by Crippen LogP contribution is -2.51. The Bertz CT molecular complexity index is 1620. The first-order chi connectivity index (χ1) is 35.4. The molecule has 9 nitrogen and oxygen atoms in total. The minimum atomic E-state index is -4.69. The van der Waals surface area contributed by atoms with Crippen LogP contribution in [0.4, 0.5) is 0 Å². The number of hydrogen-bond donors (Lipinski definition) is 3. The molecule has 0 saturated heterocycles. The van der Waals surface area contributed by atoms with E-state index >= 15 is 0 Å². The van der Waals surface area contributed by atoms with Crippen LogP contribution in [-0.2, 0) is 18.4 Å². The Morgan fingerprint density at radius 1 is 0.507 bits per heavy atom. The molecule has 4 unspecified atom stereocenters. The molecule has 1 amide bonds. The summed E-state index contributed by atoms with van der Waals surface area (Å²) in [6.45, 7) is 4.25. The highest BCUT2D eigenvalue weighted by molar-refractivity contribution is 7.45. The second-order valence-electron chi connectivity index (χ2n) is 20.4. The molecular weight excluding hydrogens is 928 g/mol. The average Bonchev–Trinajstić information content (AvgIpc) is 3.35. The molecule has 73 heavy (non-hydrogen) atoms. The zero-order valence-corrected chi connectivity index (χ0v) is 48.0. The Morgan fingerprint density at radius 3 is 1.32 bits per heavy atom. The quantitative estimate of drug-likeness (QED) is 0.0240. The summed E-state index contributed by atoms with van der Waals surface area (Å²) in [7, 11) is 1.08. The summed E-state index contributed by atoms with van der Waals surface area (Å²) in [6, 6.07) is -1.10. The van der Waals surface area contributed by atoms with Crippen molar-refractivity contribution in [1.29, 1.82) is 0 Å². The van der Waals surface area contributed by atoms with Crippen molar-refractivity contribution in [2.45, 2.75) is 231 Å². The number of unbranched alkanes of at least 4 members (excludes halogenated alkanes) is 17. The number of carbonyl (C=O) groups excluding carboxylic acids is 1. The summed E-state index contributed by atoms with van der Waals surface area (Å²) in [5.74, 6) is -0.300. The third kappa shape index (κ3) is 53.5. The van der Waals surface area contributed by atoms with Crippen LogP contribution in [0.15, 0.2) is 122 Å². The second-order valence-corrected chi connectivity index (χ2v) is 21.8. The van der Waals surface area contributed by atoms with Crippen molar-refractivity contribution in [2.75, 3.05) is 40.9 Å². The van der Waals surface area contributed by atoms with Crippen LogP contribution < -0.4 is 10.2 Å². The molecule has 0 heterocycles. The number of allylic oxidation sites excluding steroid dienone is 20. The van der Waals surface area contributed by atoms with Gasteiger partial charge in [0.05, 0.1) is 39.9 Å². The molecule has 0 aliphatic rings. The highest BCUT2D eigenvalue weighted by Gasteiger charge is 2.29. The summed E-state index contributed by atoms with van der Waals surface area (Å²) < 4.78 is 23.2. The average molecular weight is 1040 g/mol. The Hall–Kier alpha value is -3.14. The molecule has 0 radical (unpaired) electrons. The van der Waals surface area contributed by atoms with Crippen molar-refractivity contribution in [1.82, 2.24) is 5.32 Å². The van der Waals surface area contributed by atoms with E-state index < -0.39 is 32.7 Å². The zero-order valence-electron chi connectivity index (χ0n) is 47.2. The minimum absolute atomic E-state index is 0.0545. The van der Waals surface area contributed by atoms with Gasteiger partial charge >= 0.3 is 0 Å². The van der Waals surface area contributed by atoms with Crippen molar-refractivity contribution in [3.63, 3.8) is 0 Å². The van der Waals surface area contributed by atoms with Crippen LogP contribution in [0.1, 0.15) is 213 Å². The standard InChI is InChI=1S/C63H109N2O7P/c1-6-8-10-12-14-16-18-20-21-22-23-24-25-26-27-28-29-30-31-32-33-34-35-36-37-38-39-40-41-42-43-44-46-48-50-52-54-56-62(67)64-60(59-72-73(69,70)71-58-57-65(3,4)5)63(68)61(66)55-53-51-49-47-45-19-17-15-13-11-9-7-2/h8,10,14-17,20-21,23-24,26-27,29-30,32-33,35-36,47,49,60-61,63,66,68H,6-7,9,11-13,18-19,22,25,28,31,34,37-46,48,50-59H2,1-5H3,(H-,64,67,69,70)/b10-8-,16-14-,17-15+,21-20-,24-23-,27-26-,30-29-,33-32-,36-35-,49-47+. The molecule has 0 aliphatic heterocycles. The van der Waals surface area contributed by atoms with Gasteiger partial charge in [-0.05, 0) is 116 Å². The number of rotatable bonds is 51. The van der Waals surface area contributed by atoms with Gasteiger partial charge in [0.2, 0.25) is 5.91 Å². The summed E-state index contributed by atoms with van der Waals surface area (Å²) in [5.41, 5.74) is 0. The van der Waals surface area contributed by atoms with Crippen molar-refractivity contribution in [3.8, 4) is 0 Å². The Labute approximate surface area is 448 Å². The molecule has 0 rings (SSSR count). The number of amides is 1. The predicted molar refractivity (Wildman–Crippen MR) is 312 cm³/mol. The molecule has 0 fully saturated rings. The molecule has 0 aromatic carbocycles. The van der Waals surface area contributed by atoms with Crippen LogP contribution in [0.5, 0.6) is 0 Å². The highest BCUT2D eigenvalue weighted by Crippen LogP contribution is 2.38. The Balaban J connectivity index is 4.16. The number of hydrogen-bond acceptors (Lipinski definition) is 7. The van der Waals surface area contributed by atoms with Gasteiger partial charge in [-0.2, -0.15) is 0 Å². The first-order valence-electron chi connectivity index (χ1n) is 29.0. The van der Waals surface area contributed by atoms with E-state index in [4.69, 9.17) is 9.05 Å². The molecule has 0 spiro atoms. The van der Waals surface area contributed by atoms with E-state index in [2.05, 4.69) is 141 Å². The zero-order chi connectivity index (χ0) is 53.6. The molecule has 418 valence electrons. The molecule has 4 atom stereocenters. The fourth-order valence-corrected chi connectivity index (χ4v) is 8.42. The van der Waals surface area contributed by atoms with Crippen molar-refractivity contribution >= 4 is 13.7 Å². The van der Waals surface area contributed by atoms with E-state index in [1.807, 2.05) is 21.1 Å². The third-order valence-corrected chi connectivity index (χ3v) is 13.2. The second kappa shape index (κ2) is 52.3. The number of carbonyl (C=O) groups is 1. The molecular formula is C63H109N2O7P. The maximum Gasteiger partial charge on any atom is 0.268 e. The minimum Gasteiger partial charge on any atom is -0.756 e. The Kier molecular flexibility index (Phi) is 50.1. The van der Waals surface area contributed by atoms with Gasteiger partial charge in [0.25, 0.3) is 7.82 Å². The van der Waals surface area contributed by atoms with Gasteiger partial charge in [0, 0.05) is 6.42 Å². The van der Waals surface area contributed by atoms with Gasteiger partial charge in [-0.15, -0.1) is 0 Å². The lowest BCUT2D eigenvalue weighted by Gasteiger charge is -2.31. The predicted octanol–water partition coefficient (Wildman–Crippen LogP) is 16.1. The first-order valence-corrected chi connectivity index (χ1v) is 30.4. The van der Waals surface area contributed by atoms with Crippen LogP contribution in [-0.4, -0.2) is 79.8 Å².